The van der Waals surface area contributed by atoms with Crippen molar-refractivity contribution in [3.63, 3.8) is 0 Å². The predicted molar refractivity (Wildman–Crippen MR) is 26.9 cm³/mol. The second kappa shape index (κ2) is 3.47. The van der Waals surface area contributed by atoms with Crippen molar-refractivity contribution in [3.8, 4) is 0 Å². The molecular formula is C3H4Cl2O. The molecule has 1 unspecified atom stereocenters. The van der Waals surface area contributed by atoms with Crippen LogP contribution in [0.4, 0.5) is 0 Å². The van der Waals surface area contributed by atoms with Crippen LogP contribution >= 0.6 is 23.2 Å². The van der Waals surface area contributed by atoms with E-state index in [0.29, 0.717) is 0 Å². The first-order valence-electron chi connectivity index (χ1n) is 1.36. The normalized spacial score (nSPS) is 15.8. The minimum atomic E-state index is -0.942. The van der Waals surface area contributed by atoms with E-state index in [4.69, 9.17) is 28.3 Å². The van der Waals surface area contributed by atoms with E-state index < -0.39 is 5.56 Å². The summed E-state index contributed by atoms with van der Waals surface area (Å²) in [6.45, 7) is 0. The van der Waals surface area contributed by atoms with Crippen LogP contribution in [0.2, 0.25) is 0 Å². The second-order valence-corrected chi connectivity index (χ2v) is 1.39. The summed E-state index contributed by atoms with van der Waals surface area (Å²) in [5, 5.41) is 8.15. The van der Waals surface area contributed by atoms with E-state index in [1.54, 1.807) is 0 Å². The maximum Gasteiger partial charge on any atom is 0.147 e. The molecule has 0 saturated heterocycles. The number of halogens is 2. The van der Waals surface area contributed by atoms with E-state index in [1.165, 1.54) is 6.08 Å². The average molecular weight is 127 g/mol. The Bertz CT molecular complexity index is 50.8. The van der Waals surface area contributed by atoms with Gasteiger partial charge in [-0.3, -0.25) is 0 Å². The molecule has 0 aromatic rings. The van der Waals surface area contributed by atoms with Gasteiger partial charge in [-0.15, -0.1) is 0 Å². The van der Waals surface area contributed by atoms with E-state index in [1.807, 2.05) is 0 Å². The van der Waals surface area contributed by atoms with E-state index in [-0.39, 0.29) is 0 Å². The number of aliphatic hydroxyl groups is 1. The molecule has 1 atom stereocenters. The van der Waals surface area contributed by atoms with Crippen LogP contribution in [0, 0.1) is 0 Å². The molecule has 0 aliphatic carbocycles. The summed E-state index contributed by atoms with van der Waals surface area (Å²) in [5.74, 6) is 0. The Hall–Kier alpha value is 0.280. The van der Waals surface area contributed by atoms with E-state index in [9.17, 15) is 0 Å². The van der Waals surface area contributed by atoms with Crippen molar-refractivity contribution < 1.29 is 5.11 Å². The molecule has 0 aromatic heterocycles. The van der Waals surface area contributed by atoms with Gasteiger partial charge in [0.05, 0.1) is 0 Å². The van der Waals surface area contributed by atoms with Crippen molar-refractivity contribution in [1.29, 1.82) is 0 Å². The molecule has 0 aliphatic rings. The van der Waals surface area contributed by atoms with Crippen LogP contribution in [0.1, 0.15) is 0 Å². The Balaban J connectivity index is 3.03. The van der Waals surface area contributed by atoms with Crippen molar-refractivity contribution >= 4 is 23.2 Å². The Morgan fingerprint density at radius 2 is 2.17 bits per heavy atom. The van der Waals surface area contributed by atoms with Crippen LogP contribution < -0.4 is 0 Å². The molecule has 0 amide bonds. The van der Waals surface area contributed by atoms with Crippen LogP contribution in [0.15, 0.2) is 11.6 Å². The summed E-state index contributed by atoms with van der Waals surface area (Å²) in [6.07, 6.45) is 1.25. The lowest BCUT2D eigenvalue weighted by molar-refractivity contribution is 0.303. The maximum absolute atomic E-state index is 8.15. The summed E-state index contributed by atoms with van der Waals surface area (Å²) in [7, 11) is 0. The Morgan fingerprint density at radius 1 is 1.67 bits per heavy atom. The van der Waals surface area contributed by atoms with Gasteiger partial charge < -0.3 is 5.11 Å². The Morgan fingerprint density at radius 3 is 2.17 bits per heavy atom. The fraction of sp³-hybridized carbons (Fsp3) is 0.333. The highest BCUT2D eigenvalue weighted by atomic mass is 35.5. The summed E-state index contributed by atoms with van der Waals surface area (Å²) < 4.78 is 0. The number of alkyl halides is 1. The van der Waals surface area contributed by atoms with Crippen LogP contribution in [0.25, 0.3) is 0 Å². The molecule has 36 valence electrons. The molecular weight excluding hydrogens is 123 g/mol. The van der Waals surface area contributed by atoms with Gasteiger partial charge in [0.15, 0.2) is 0 Å². The summed E-state index contributed by atoms with van der Waals surface area (Å²) in [6, 6.07) is 0. The van der Waals surface area contributed by atoms with Crippen molar-refractivity contribution in [2.75, 3.05) is 0 Å². The van der Waals surface area contributed by atoms with Crippen LogP contribution in [-0.4, -0.2) is 10.7 Å². The fourth-order valence-corrected chi connectivity index (χ4v) is 0.345. The highest BCUT2D eigenvalue weighted by Gasteiger charge is 1.82. The summed E-state index contributed by atoms with van der Waals surface area (Å²) in [4.78, 5) is 0. The molecule has 0 radical (unpaired) electrons. The number of hydrogen-bond acceptors (Lipinski definition) is 1. The van der Waals surface area contributed by atoms with E-state index in [2.05, 4.69) is 0 Å². The summed E-state index contributed by atoms with van der Waals surface area (Å²) in [5.41, 5.74) is 0.222. The fourth-order valence-electron chi connectivity index (χ4n) is 0.0600. The average Bonchev–Trinajstić information content (AvgIpc) is 1.35. The molecule has 0 fully saturated rings. The van der Waals surface area contributed by atoms with Crippen molar-refractivity contribution in [3.05, 3.63) is 11.6 Å². The standard InChI is InChI=1S/C3H4Cl2O/c4-2-1-3(5)6/h1-3,6H. The van der Waals surface area contributed by atoms with Gasteiger partial charge in [0.2, 0.25) is 0 Å². The minimum Gasteiger partial charge on any atom is -0.374 e. The van der Waals surface area contributed by atoms with Gasteiger partial charge in [0, 0.05) is 5.54 Å². The molecule has 0 bridgehead atoms. The largest absolute Gasteiger partial charge is 0.374 e. The van der Waals surface area contributed by atoms with E-state index >= 15 is 0 Å². The SMILES string of the molecule is OC(Cl)C=CCl. The molecule has 1 nitrogen and oxygen atoms in total. The zero-order valence-corrected chi connectivity index (χ0v) is 4.45. The Labute approximate surface area is 46.2 Å². The topological polar surface area (TPSA) is 20.2 Å². The first-order valence-corrected chi connectivity index (χ1v) is 2.23. The third-order valence-corrected chi connectivity index (χ3v) is 0.523. The monoisotopic (exact) mass is 126 g/mol. The van der Waals surface area contributed by atoms with Gasteiger partial charge >= 0.3 is 0 Å². The first-order chi connectivity index (χ1) is 2.77. The lowest BCUT2D eigenvalue weighted by atomic mass is 10.7. The zero-order chi connectivity index (χ0) is 4.99. The zero-order valence-electron chi connectivity index (χ0n) is 2.94. The van der Waals surface area contributed by atoms with E-state index in [0.717, 1.165) is 5.54 Å². The highest BCUT2D eigenvalue weighted by Crippen LogP contribution is 1.91. The molecule has 3 heteroatoms. The maximum atomic E-state index is 8.15. The quantitative estimate of drug-likeness (QED) is 0.526. The van der Waals surface area contributed by atoms with Crippen LogP contribution in [-0.2, 0) is 0 Å². The van der Waals surface area contributed by atoms with Crippen LogP contribution in [0.3, 0.4) is 0 Å². The first kappa shape index (κ1) is 6.28. The number of aliphatic hydroxyl groups excluding tert-OH is 1. The van der Waals surface area contributed by atoms with Crippen molar-refractivity contribution in [2.24, 2.45) is 0 Å². The minimum absolute atomic E-state index is 0.942. The van der Waals surface area contributed by atoms with Gasteiger partial charge in [0.25, 0.3) is 0 Å². The van der Waals surface area contributed by atoms with Crippen molar-refractivity contribution in [2.45, 2.75) is 5.56 Å². The van der Waals surface area contributed by atoms with Crippen molar-refractivity contribution in [1.82, 2.24) is 0 Å². The summed E-state index contributed by atoms with van der Waals surface area (Å²) >= 11 is 9.93. The predicted octanol–water partition coefficient (Wildman–Crippen LogP) is 1.30. The smallest absolute Gasteiger partial charge is 0.147 e. The molecule has 1 N–H and O–H groups in total. The van der Waals surface area contributed by atoms with Crippen LogP contribution in [0.5, 0.6) is 0 Å². The lowest BCUT2D eigenvalue weighted by Gasteiger charge is -1.83. The molecule has 0 spiro atoms. The Kier molecular flexibility index (Phi) is 3.63. The molecule has 0 saturated carbocycles. The third kappa shape index (κ3) is 4.28. The van der Waals surface area contributed by atoms with Gasteiger partial charge in [-0.05, 0) is 6.08 Å². The third-order valence-electron chi connectivity index (χ3n) is 0.232. The molecule has 6 heavy (non-hydrogen) atoms. The highest BCUT2D eigenvalue weighted by molar-refractivity contribution is 6.26. The molecule has 0 rings (SSSR count). The lowest BCUT2D eigenvalue weighted by Crippen LogP contribution is -1.84. The van der Waals surface area contributed by atoms with Gasteiger partial charge in [0.1, 0.15) is 5.56 Å². The van der Waals surface area contributed by atoms with Gasteiger partial charge in [-0.25, -0.2) is 0 Å². The molecule has 0 aliphatic heterocycles. The number of rotatable bonds is 1. The van der Waals surface area contributed by atoms with Gasteiger partial charge in [-0.2, -0.15) is 0 Å². The molecule has 0 heterocycles. The number of hydrogen-bond donors (Lipinski definition) is 1. The second-order valence-electron chi connectivity index (χ2n) is 0.691. The molecule has 0 aromatic carbocycles. The van der Waals surface area contributed by atoms with Gasteiger partial charge in [-0.1, -0.05) is 23.2 Å².